The molecule has 1 aromatic heterocycles. The highest BCUT2D eigenvalue weighted by molar-refractivity contribution is 5.90. The molecule has 0 saturated heterocycles. The predicted octanol–water partition coefficient (Wildman–Crippen LogP) is 3.52. The van der Waals surface area contributed by atoms with Crippen molar-refractivity contribution in [3.05, 3.63) is 59.0 Å². The summed E-state index contributed by atoms with van der Waals surface area (Å²) >= 11 is 0. The molecule has 36 heavy (non-hydrogen) atoms. The van der Waals surface area contributed by atoms with Crippen LogP contribution in [0, 0.1) is 12.7 Å². The summed E-state index contributed by atoms with van der Waals surface area (Å²) in [6.07, 6.45) is 4.88. The van der Waals surface area contributed by atoms with Gasteiger partial charge in [-0.15, -0.1) is 0 Å². The van der Waals surface area contributed by atoms with Crippen LogP contribution in [0.5, 0.6) is 0 Å². The maximum atomic E-state index is 13.7. The highest BCUT2D eigenvalue weighted by Crippen LogP contribution is 2.28. The molecule has 1 N–H and O–H groups in total. The average molecular weight is 495 g/mol. The lowest BCUT2D eigenvalue weighted by molar-refractivity contribution is -0.145. The highest BCUT2D eigenvalue weighted by atomic mass is 19.1. The predicted molar refractivity (Wildman–Crippen MR) is 139 cm³/mol. The second-order valence-corrected chi connectivity index (χ2v) is 9.53. The molecule has 2 heterocycles. The van der Waals surface area contributed by atoms with E-state index in [1.165, 1.54) is 12.1 Å². The molecule has 0 fully saturated rings. The molecule has 2 aromatic carbocycles. The van der Waals surface area contributed by atoms with Crippen molar-refractivity contribution < 1.29 is 14.0 Å². The van der Waals surface area contributed by atoms with E-state index in [1.807, 2.05) is 42.2 Å². The average Bonchev–Trinajstić information content (AvgIpc) is 3.43. The fourth-order valence-electron chi connectivity index (χ4n) is 4.68. The summed E-state index contributed by atoms with van der Waals surface area (Å²) in [7, 11) is 3.60. The lowest BCUT2D eigenvalue weighted by Gasteiger charge is -2.32. The quantitative estimate of drug-likeness (QED) is 0.437. The number of hydrogen-bond donors (Lipinski definition) is 1. The maximum Gasteiger partial charge on any atom is 0.256 e. The lowest BCUT2D eigenvalue weighted by atomic mass is 10.1. The first-order chi connectivity index (χ1) is 17.3. The molecular formula is C27H35FN6O2. The zero-order valence-corrected chi connectivity index (χ0v) is 21.6. The Labute approximate surface area is 211 Å². The molecule has 192 valence electrons. The summed E-state index contributed by atoms with van der Waals surface area (Å²) in [4.78, 5) is 28.1. The second-order valence-electron chi connectivity index (χ2n) is 9.53. The Morgan fingerprint density at radius 1 is 1.11 bits per heavy atom. The number of hydrogen-bond acceptors (Lipinski definition) is 5. The van der Waals surface area contributed by atoms with Gasteiger partial charge in [0.25, 0.3) is 5.91 Å². The molecule has 1 aliphatic heterocycles. The van der Waals surface area contributed by atoms with Crippen molar-refractivity contribution >= 4 is 28.4 Å². The minimum absolute atomic E-state index is 0.0320. The van der Waals surface area contributed by atoms with E-state index in [9.17, 15) is 14.0 Å². The fourth-order valence-corrected chi connectivity index (χ4v) is 4.68. The maximum absolute atomic E-state index is 13.7. The first kappa shape index (κ1) is 25.6. The Morgan fingerprint density at radius 2 is 1.89 bits per heavy atom. The summed E-state index contributed by atoms with van der Waals surface area (Å²) in [6, 6.07) is 8.76. The summed E-state index contributed by atoms with van der Waals surface area (Å²) in [5.41, 5.74) is 4.62. The number of fused-ring (bicyclic) bond motifs is 2. The highest BCUT2D eigenvalue weighted by Gasteiger charge is 2.27. The van der Waals surface area contributed by atoms with Crippen LogP contribution in [0.25, 0.3) is 10.9 Å². The van der Waals surface area contributed by atoms with Crippen LogP contribution in [0.3, 0.4) is 0 Å². The van der Waals surface area contributed by atoms with Gasteiger partial charge in [-0.3, -0.25) is 19.3 Å². The van der Waals surface area contributed by atoms with Crippen LogP contribution in [-0.4, -0.2) is 58.3 Å². The van der Waals surface area contributed by atoms with Gasteiger partial charge in [0, 0.05) is 44.8 Å². The monoisotopic (exact) mass is 494 g/mol. The number of nitrogens with zero attached hydrogens (tertiary/aromatic N) is 5. The largest absolute Gasteiger partial charge is 0.355 e. The van der Waals surface area contributed by atoms with E-state index in [-0.39, 0.29) is 30.7 Å². The Morgan fingerprint density at radius 3 is 2.67 bits per heavy atom. The minimum atomic E-state index is -0.276. The van der Waals surface area contributed by atoms with Crippen molar-refractivity contribution in [2.24, 2.45) is 7.05 Å². The summed E-state index contributed by atoms with van der Waals surface area (Å²) in [5.74, 6) is -0.539. The van der Waals surface area contributed by atoms with E-state index in [0.717, 1.165) is 52.5 Å². The molecule has 3 aromatic rings. The van der Waals surface area contributed by atoms with E-state index >= 15 is 0 Å². The third-order valence-corrected chi connectivity index (χ3v) is 6.83. The summed E-state index contributed by atoms with van der Waals surface area (Å²) in [6.45, 7) is 5.83. The number of rotatable bonds is 10. The minimum Gasteiger partial charge on any atom is -0.355 e. The number of halogens is 1. The second kappa shape index (κ2) is 11.1. The van der Waals surface area contributed by atoms with Crippen LogP contribution >= 0.6 is 0 Å². The number of aromatic nitrogens is 2. The normalized spacial score (nSPS) is 13.1. The molecule has 0 radical (unpaired) electrons. The van der Waals surface area contributed by atoms with Crippen molar-refractivity contribution in [1.82, 2.24) is 25.1 Å². The van der Waals surface area contributed by atoms with E-state index < -0.39 is 0 Å². The van der Waals surface area contributed by atoms with Crippen molar-refractivity contribution in [2.45, 2.75) is 46.2 Å². The third kappa shape index (κ3) is 5.67. The standard InChI is InChI=1S/C27H35FN6O2/c1-5-6-7-10-29-26(35)17-33(24-13-25-21(11-19(24)2)14-30-31(25)3)18-27(36)32(4)34-15-20-8-9-23(28)12-22(20)16-34/h8-9,11-14H,5-7,10,15-18H2,1-4H3,(H,29,35). The van der Waals surface area contributed by atoms with Crippen LogP contribution in [0.1, 0.15) is 42.9 Å². The van der Waals surface area contributed by atoms with Gasteiger partial charge in [-0.1, -0.05) is 25.8 Å². The van der Waals surface area contributed by atoms with E-state index in [1.54, 1.807) is 22.8 Å². The molecule has 4 rings (SSSR count). The molecule has 0 saturated carbocycles. The molecule has 1 aliphatic rings. The smallest absolute Gasteiger partial charge is 0.256 e. The molecule has 0 bridgehead atoms. The topological polar surface area (TPSA) is 73.7 Å². The molecule has 8 nitrogen and oxygen atoms in total. The number of likely N-dealkylation sites (N-methyl/N-ethyl adjacent to an activating group) is 1. The lowest BCUT2D eigenvalue weighted by Crippen LogP contribution is -2.48. The molecular weight excluding hydrogens is 459 g/mol. The zero-order chi connectivity index (χ0) is 25.8. The van der Waals surface area contributed by atoms with Crippen molar-refractivity contribution in [3.63, 3.8) is 0 Å². The number of anilines is 1. The Balaban J connectivity index is 1.52. The first-order valence-electron chi connectivity index (χ1n) is 12.5. The first-order valence-corrected chi connectivity index (χ1v) is 12.5. The molecule has 2 amide bonds. The summed E-state index contributed by atoms with van der Waals surface area (Å²) < 4.78 is 15.5. The number of carbonyl (C=O) groups is 2. The molecule has 0 atom stereocenters. The number of hydrazine groups is 1. The molecule has 0 aliphatic carbocycles. The third-order valence-electron chi connectivity index (χ3n) is 6.83. The molecule has 0 unspecified atom stereocenters. The summed E-state index contributed by atoms with van der Waals surface area (Å²) in [5, 5.41) is 11.8. The molecule has 0 spiro atoms. The van der Waals surface area contributed by atoms with E-state index in [0.29, 0.717) is 19.6 Å². The van der Waals surface area contributed by atoms with Gasteiger partial charge in [0.05, 0.1) is 24.8 Å². The van der Waals surface area contributed by atoms with Gasteiger partial charge in [-0.25, -0.2) is 9.40 Å². The Kier molecular flexibility index (Phi) is 7.88. The number of amides is 2. The SMILES string of the molecule is CCCCCNC(=O)CN(CC(=O)N(C)N1Cc2ccc(F)cc2C1)c1cc2c(cnn2C)cc1C. The number of benzene rings is 2. The fraction of sp³-hybridized carbons (Fsp3) is 0.444. The van der Waals surface area contributed by atoms with Gasteiger partial charge >= 0.3 is 0 Å². The van der Waals surface area contributed by atoms with Gasteiger partial charge in [0.15, 0.2) is 0 Å². The van der Waals surface area contributed by atoms with Crippen molar-refractivity contribution in [1.29, 1.82) is 0 Å². The van der Waals surface area contributed by atoms with E-state index in [2.05, 4.69) is 17.3 Å². The number of nitrogens with one attached hydrogen (secondary N) is 1. The van der Waals surface area contributed by atoms with Crippen LogP contribution in [0.4, 0.5) is 10.1 Å². The van der Waals surface area contributed by atoms with E-state index in [4.69, 9.17) is 0 Å². The van der Waals surface area contributed by atoms with Gasteiger partial charge in [0.2, 0.25) is 5.91 Å². The van der Waals surface area contributed by atoms with Gasteiger partial charge < -0.3 is 10.2 Å². The van der Waals surface area contributed by atoms with Crippen LogP contribution in [0.2, 0.25) is 0 Å². The van der Waals surface area contributed by atoms with Crippen molar-refractivity contribution in [3.8, 4) is 0 Å². The van der Waals surface area contributed by atoms with Gasteiger partial charge in [0.1, 0.15) is 5.82 Å². The van der Waals surface area contributed by atoms with Crippen LogP contribution in [0.15, 0.2) is 36.5 Å². The van der Waals surface area contributed by atoms with Crippen molar-refractivity contribution in [2.75, 3.05) is 31.6 Å². The van der Waals surface area contributed by atoms with Gasteiger partial charge in [-0.05, 0) is 54.3 Å². The number of carbonyl (C=O) groups excluding carboxylic acids is 2. The van der Waals surface area contributed by atoms with Gasteiger partial charge in [-0.2, -0.15) is 5.10 Å². The Bertz CT molecular complexity index is 1260. The van der Waals surface area contributed by atoms with Crippen LogP contribution in [-0.2, 0) is 29.7 Å². The number of aryl methyl sites for hydroxylation is 2. The molecule has 9 heteroatoms. The zero-order valence-electron chi connectivity index (χ0n) is 21.6. The van der Waals surface area contributed by atoms with Crippen LogP contribution < -0.4 is 10.2 Å². The Hall–Kier alpha value is -3.46. The number of unbranched alkanes of at least 4 members (excludes halogenated alkanes) is 2.